The van der Waals surface area contributed by atoms with Crippen molar-refractivity contribution in [2.45, 2.75) is 26.3 Å². The van der Waals surface area contributed by atoms with E-state index >= 15 is 0 Å². The third-order valence-corrected chi connectivity index (χ3v) is 3.31. The summed E-state index contributed by atoms with van der Waals surface area (Å²) >= 11 is 0. The van der Waals surface area contributed by atoms with Gasteiger partial charge in [-0.3, -0.25) is 4.98 Å². The maximum atomic E-state index is 4.33. The summed E-state index contributed by atoms with van der Waals surface area (Å²) in [6.07, 6.45) is 3.03. The summed E-state index contributed by atoms with van der Waals surface area (Å²) in [5, 5.41) is 3.32. The van der Waals surface area contributed by atoms with Gasteiger partial charge in [0.1, 0.15) is 0 Å². The van der Waals surface area contributed by atoms with E-state index in [2.05, 4.69) is 47.6 Å². The fourth-order valence-electron chi connectivity index (χ4n) is 2.15. The highest BCUT2D eigenvalue weighted by Crippen LogP contribution is 2.22. The highest BCUT2D eigenvalue weighted by atomic mass is 14.9. The van der Waals surface area contributed by atoms with Crippen LogP contribution in [0.2, 0.25) is 0 Å². The fraction of sp³-hybridized carbons (Fsp3) is 0.312. The largest absolute Gasteiger partial charge is 0.313 e. The van der Waals surface area contributed by atoms with Crippen molar-refractivity contribution in [3.63, 3.8) is 0 Å². The molecule has 0 bridgehead atoms. The van der Waals surface area contributed by atoms with Gasteiger partial charge in [-0.05, 0) is 37.6 Å². The molecule has 1 unspecified atom stereocenters. The Balaban J connectivity index is 2.24. The van der Waals surface area contributed by atoms with Crippen molar-refractivity contribution in [1.82, 2.24) is 10.3 Å². The van der Waals surface area contributed by atoms with E-state index in [4.69, 9.17) is 0 Å². The number of hydrogen-bond donors (Lipinski definition) is 1. The van der Waals surface area contributed by atoms with E-state index in [9.17, 15) is 0 Å². The number of rotatable bonds is 4. The van der Waals surface area contributed by atoms with Crippen LogP contribution in [0.3, 0.4) is 0 Å². The van der Waals surface area contributed by atoms with Crippen LogP contribution in [0.4, 0.5) is 0 Å². The quantitative estimate of drug-likeness (QED) is 0.881. The minimum atomic E-state index is 0.440. The first-order valence-corrected chi connectivity index (χ1v) is 6.45. The molecule has 0 fully saturated rings. The molecule has 1 aromatic carbocycles. The van der Waals surface area contributed by atoms with Crippen LogP contribution < -0.4 is 5.32 Å². The fourth-order valence-corrected chi connectivity index (χ4v) is 2.15. The van der Waals surface area contributed by atoms with Gasteiger partial charge in [-0.25, -0.2) is 0 Å². The van der Waals surface area contributed by atoms with Crippen LogP contribution >= 0.6 is 0 Å². The molecule has 18 heavy (non-hydrogen) atoms. The maximum Gasteiger partial charge on any atom is 0.0373 e. The second kappa shape index (κ2) is 5.78. The van der Waals surface area contributed by atoms with Gasteiger partial charge >= 0.3 is 0 Å². The predicted molar refractivity (Wildman–Crippen MR) is 76.5 cm³/mol. The lowest BCUT2D eigenvalue weighted by Crippen LogP contribution is -2.14. The molecule has 0 aliphatic heterocycles. The first kappa shape index (κ1) is 12.8. The lowest BCUT2D eigenvalue weighted by molar-refractivity contribution is 0.577. The number of nitrogens with zero attached hydrogens (tertiary/aromatic N) is 1. The molecule has 0 saturated heterocycles. The van der Waals surface area contributed by atoms with E-state index in [1.807, 2.05) is 26.2 Å². The van der Waals surface area contributed by atoms with Gasteiger partial charge in [0.25, 0.3) is 0 Å². The normalized spacial score (nSPS) is 12.4. The van der Waals surface area contributed by atoms with Crippen LogP contribution in [0.5, 0.6) is 0 Å². The number of nitrogens with one attached hydrogen (secondary N) is 1. The van der Waals surface area contributed by atoms with Crippen molar-refractivity contribution in [2.24, 2.45) is 0 Å². The lowest BCUT2D eigenvalue weighted by Gasteiger charge is -2.14. The second-order valence-electron chi connectivity index (χ2n) is 4.56. The molecule has 2 aromatic rings. The Hall–Kier alpha value is -1.67. The molecule has 0 aliphatic rings. The Morgan fingerprint density at radius 3 is 2.22 bits per heavy atom. The molecule has 0 amide bonds. The minimum Gasteiger partial charge on any atom is -0.313 e. The van der Waals surface area contributed by atoms with Crippen molar-refractivity contribution in [1.29, 1.82) is 0 Å². The van der Waals surface area contributed by atoms with Crippen LogP contribution in [0, 0.1) is 6.92 Å². The molecule has 1 atom stereocenters. The summed E-state index contributed by atoms with van der Waals surface area (Å²) in [5.74, 6) is 0. The summed E-state index contributed by atoms with van der Waals surface area (Å²) < 4.78 is 0. The molecule has 0 aliphatic carbocycles. The van der Waals surface area contributed by atoms with Gasteiger partial charge in [0, 0.05) is 23.5 Å². The average molecular weight is 240 g/mol. The van der Waals surface area contributed by atoms with Gasteiger partial charge < -0.3 is 5.32 Å². The molecule has 2 heteroatoms. The summed E-state index contributed by atoms with van der Waals surface area (Å²) in [5.41, 5.74) is 4.78. The van der Waals surface area contributed by atoms with Gasteiger partial charge in [-0.15, -0.1) is 0 Å². The first-order valence-electron chi connectivity index (χ1n) is 6.45. The maximum absolute atomic E-state index is 4.33. The van der Waals surface area contributed by atoms with Crippen LogP contribution in [0.15, 0.2) is 42.6 Å². The average Bonchev–Trinajstić information content (AvgIpc) is 2.42. The zero-order valence-corrected chi connectivity index (χ0v) is 11.3. The SMILES string of the molecule is CCC(NC)c1ccc(-c2ccc(C)nc2)cc1. The van der Waals surface area contributed by atoms with Crippen molar-refractivity contribution in [2.75, 3.05) is 7.05 Å². The first-order chi connectivity index (χ1) is 8.74. The standard InChI is InChI=1S/C16H20N2/c1-4-16(17-3)14-9-7-13(8-10-14)15-6-5-12(2)18-11-15/h5-11,16-17H,4H2,1-3H3. The van der Waals surface area contributed by atoms with Crippen molar-refractivity contribution >= 4 is 0 Å². The third kappa shape index (κ3) is 2.77. The van der Waals surface area contributed by atoms with E-state index in [0.717, 1.165) is 12.1 Å². The van der Waals surface area contributed by atoms with E-state index in [0.29, 0.717) is 6.04 Å². The number of aryl methyl sites for hydroxylation is 1. The van der Waals surface area contributed by atoms with Crippen molar-refractivity contribution < 1.29 is 0 Å². The molecule has 2 nitrogen and oxygen atoms in total. The molecule has 2 rings (SSSR count). The molecule has 1 heterocycles. The zero-order chi connectivity index (χ0) is 13.0. The smallest absolute Gasteiger partial charge is 0.0373 e. The highest BCUT2D eigenvalue weighted by Gasteiger charge is 2.06. The van der Waals surface area contributed by atoms with Gasteiger partial charge in [0.2, 0.25) is 0 Å². The summed E-state index contributed by atoms with van der Waals surface area (Å²) in [7, 11) is 2.01. The minimum absolute atomic E-state index is 0.440. The van der Waals surface area contributed by atoms with Crippen LogP contribution in [0.1, 0.15) is 30.6 Å². The highest BCUT2D eigenvalue weighted by molar-refractivity contribution is 5.62. The van der Waals surface area contributed by atoms with Crippen LogP contribution in [0.25, 0.3) is 11.1 Å². The molecule has 0 spiro atoms. The van der Waals surface area contributed by atoms with Gasteiger partial charge in [-0.1, -0.05) is 37.3 Å². The number of pyridine rings is 1. The predicted octanol–water partition coefficient (Wildman–Crippen LogP) is 3.73. The Morgan fingerprint density at radius 1 is 1.06 bits per heavy atom. The Bertz CT molecular complexity index is 482. The van der Waals surface area contributed by atoms with Crippen LogP contribution in [-0.4, -0.2) is 12.0 Å². The Morgan fingerprint density at radius 2 is 1.72 bits per heavy atom. The van der Waals surface area contributed by atoms with E-state index < -0.39 is 0 Å². The molecular weight excluding hydrogens is 220 g/mol. The topological polar surface area (TPSA) is 24.9 Å². The number of benzene rings is 1. The third-order valence-electron chi connectivity index (χ3n) is 3.31. The molecule has 1 aromatic heterocycles. The molecule has 0 saturated carbocycles. The number of aromatic nitrogens is 1. The Kier molecular flexibility index (Phi) is 4.11. The zero-order valence-electron chi connectivity index (χ0n) is 11.3. The van der Waals surface area contributed by atoms with Crippen molar-refractivity contribution in [3.8, 4) is 11.1 Å². The lowest BCUT2D eigenvalue weighted by atomic mass is 10.0. The molecule has 1 N–H and O–H groups in total. The van der Waals surface area contributed by atoms with Crippen molar-refractivity contribution in [3.05, 3.63) is 53.9 Å². The summed E-state index contributed by atoms with van der Waals surface area (Å²) in [4.78, 5) is 4.33. The molecule has 94 valence electrons. The summed E-state index contributed by atoms with van der Waals surface area (Å²) in [6, 6.07) is 13.3. The van der Waals surface area contributed by atoms with Gasteiger partial charge in [0.05, 0.1) is 0 Å². The van der Waals surface area contributed by atoms with E-state index in [1.54, 1.807) is 0 Å². The van der Waals surface area contributed by atoms with Gasteiger partial charge in [0.15, 0.2) is 0 Å². The second-order valence-corrected chi connectivity index (χ2v) is 4.56. The molecule has 0 radical (unpaired) electrons. The molecular formula is C16H20N2. The monoisotopic (exact) mass is 240 g/mol. The number of hydrogen-bond acceptors (Lipinski definition) is 2. The van der Waals surface area contributed by atoms with E-state index in [1.165, 1.54) is 16.7 Å². The van der Waals surface area contributed by atoms with Crippen LogP contribution in [-0.2, 0) is 0 Å². The van der Waals surface area contributed by atoms with Gasteiger partial charge in [-0.2, -0.15) is 0 Å². The summed E-state index contributed by atoms with van der Waals surface area (Å²) in [6.45, 7) is 4.20. The Labute approximate surface area is 109 Å². The van der Waals surface area contributed by atoms with E-state index in [-0.39, 0.29) is 0 Å².